The van der Waals surface area contributed by atoms with E-state index < -0.39 is 0 Å². The van der Waals surface area contributed by atoms with Crippen LogP contribution in [0, 0.1) is 5.92 Å². The van der Waals surface area contributed by atoms with Crippen molar-refractivity contribution in [2.45, 2.75) is 31.7 Å². The van der Waals surface area contributed by atoms with Crippen molar-refractivity contribution in [2.24, 2.45) is 13.0 Å². The molecule has 1 aromatic carbocycles. The first-order chi connectivity index (χ1) is 13.1. The van der Waals surface area contributed by atoms with Crippen molar-refractivity contribution in [2.75, 3.05) is 26.7 Å². The number of nitrogens with one attached hydrogen (secondary N) is 1. The summed E-state index contributed by atoms with van der Waals surface area (Å²) in [5.41, 5.74) is 3.30. The highest BCUT2D eigenvalue weighted by Crippen LogP contribution is 2.42. The Morgan fingerprint density at radius 1 is 1.37 bits per heavy atom. The molecule has 1 N–H and O–H groups in total. The molecule has 0 radical (unpaired) electrons. The van der Waals surface area contributed by atoms with Crippen LogP contribution in [-0.2, 0) is 11.8 Å². The summed E-state index contributed by atoms with van der Waals surface area (Å²) >= 11 is 0. The third kappa shape index (κ3) is 3.46. The second-order valence-electron chi connectivity index (χ2n) is 7.76. The van der Waals surface area contributed by atoms with Gasteiger partial charge in [-0.05, 0) is 43.5 Å². The maximum absolute atomic E-state index is 11.3. The van der Waals surface area contributed by atoms with Gasteiger partial charge in [0.1, 0.15) is 5.75 Å². The summed E-state index contributed by atoms with van der Waals surface area (Å²) in [5.74, 6) is 2.05. The molecule has 0 spiro atoms. The number of piperidine rings is 3. The fourth-order valence-electron chi connectivity index (χ4n) is 4.76. The minimum Gasteiger partial charge on any atom is -0.496 e. The van der Waals surface area contributed by atoms with Gasteiger partial charge in [0, 0.05) is 50.3 Å². The second kappa shape index (κ2) is 7.35. The SMILES string of the molecule is COc1ccccc1-c1cc([C@H]2CN3CC[C@H]2C[C@@H]3CNC(C)=O)n(C)n1. The number of nitrogens with zero attached hydrogens (tertiary/aromatic N) is 3. The molecule has 3 aliphatic rings. The Kier molecular flexibility index (Phi) is 4.91. The molecule has 0 saturated carbocycles. The van der Waals surface area contributed by atoms with Crippen molar-refractivity contribution in [1.29, 1.82) is 0 Å². The molecule has 6 nitrogen and oxygen atoms in total. The van der Waals surface area contributed by atoms with Crippen LogP contribution in [0.1, 0.15) is 31.4 Å². The molecule has 3 aliphatic heterocycles. The van der Waals surface area contributed by atoms with Crippen LogP contribution >= 0.6 is 0 Å². The lowest BCUT2D eigenvalue weighted by molar-refractivity contribution is -0.119. The van der Waals surface area contributed by atoms with Gasteiger partial charge in [-0.2, -0.15) is 5.10 Å². The summed E-state index contributed by atoms with van der Waals surface area (Å²) in [6.45, 7) is 4.52. The molecule has 2 aromatic rings. The lowest BCUT2D eigenvalue weighted by Crippen LogP contribution is -2.56. The fraction of sp³-hybridized carbons (Fsp3) is 0.524. The van der Waals surface area contributed by atoms with Crippen LogP contribution in [0.4, 0.5) is 0 Å². The van der Waals surface area contributed by atoms with E-state index in [1.54, 1.807) is 14.0 Å². The van der Waals surface area contributed by atoms with Gasteiger partial charge >= 0.3 is 0 Å². The quantitative estimate of drug-likeness (QED) is 0.881. The first-order valence-corrected chi connectivity index (χ1v) is 9.72. The Bertz CT molecular complexity index is 831. The maximum atomic E-state index is 11.3. The molecule has 4 heterocycles. The number of aryl methyl sites for hydroxylation is 1. The highest BCUT2D eigenvalue weighted by Gasteiger charge is 2.41. The first-order valence-electron chi connectivity index (χ1n) is 9.72. The largest absolute Gasteiger partial charge is 0.496 e. The van der Waals surface area contributed by atoms with Crippen molar-refractivity contribution in [3.05, 3.63) is 36.0 Å². The van der Waals surface area contributed by atoms with Crippen molar-refractivity contribution in [3.63, 3.8) is 0 Å². The van der Waals surface area contributed by atoms with Crippen LogP contribution < -0.4 is 10.1 Å². The zero-order chi connectivity index (χ0) is 19.0. The van der Waals surface area contributed by atoms with E-state index in [0.29, 0.717) is 17.9 Å². The number of aromatic nitrogens is 2. The van der Waals surface area contributed by atoms with E-state index in [1.165, 1.54) is 12.1 Å². The molecule has 4 atom stereocenters. The molecule has 3 fully saturated rings. The number of fused-ring (bicyclic) bond motifs is 3. The Hall–Kier alpha value is -2.34. The Balaban J connectivity index is 1.55. The van der Waals surface area contributed by atoms with Crippen LogP contribution in [0.25, 0.3) is 11.3 Å². The summed E-state index contributed by atoms with van der Waals surface area (Å²) in [6.07, 6.45) is 2.36. The average molecular weight is 368 g/mol. The number of benzene rings is 1. The number of carbonyl (C=O) groups is 1. The number of rotatable bonds is 5. The minimum absolute atomic E-state index is 0.0577. The van der Waals surface area contributed by atoms with E-state index in [2.05, 4.69) is 22.3 Å². The molecule has 3 saturated heterocycles. The van der Waals surface area contributed by atoms with E-state index >= 15 is 0 Å². The molecule has 27 heavy (non-hydrogen) atoms. The highest BCUT2D eigenvalue weighted by molar-refractivity contribution is 5.72. The molecule has 1 amide bonds. The van der Waals surface area contributed by atoms with Crippen molar-refractivity contribution in [3.8, 4) is 17.0 Å². The third-order valence-corrected chi connectivity index (χ3v) is 6.14. The van der Waals surface area contributed by atoms with Crippen LogP contribution in [0.3, 0.4) is 0 Å². The molecule has 144 valence electrons. The predicted octanol–water partition coefficient (Wildman–Crippen LogP) is 2.41. The zero-order valence-electron chi connectivity index (χ0n) is 16.3. The minimum atomic E-state index is 0.0577. The average Bonchev–Trinajstić information content (AvgIpc) is 3.08. The van der Waals surface area contributed by atoms with Gasteiger partial charge in [-0.25, -0.2) is 0 Å². The summed E-state index contributed by atoms with van der Waals surface area (Å²) in [7, 11) is 3.74. The lowest BCUT2D eigenvalue weighted by atomic mass is 9.74. The molecule has 1 unspecified atom stereocenters. The Labute approximate surface area is 160 Å². The number of carbonyl (C=O) groups excluding carboxylic acids is 1. The van der Waals surface area contributed by atoms with E-state index in [9.17, 15) is 4.79 Å². The van der Waals surface area contributed by atoms with Gasteiger partial charge in [-0.3, -0.25) is 14.4 Å². The lowest BCUT2D eigenvalue weighted by Gasteiger charge is -2.49. The molecule has 5 rings (SSSR count). The predicted molar refractivity (Wildman–Crippen MR) is 105 cm³/mol. The van der Waals surface area contributed by atoms with E-state index in [-0.39, 0.29) is 5.91 Å². The molecular weight excluding hydrogens is 340 g/mol. The number of amides is 1. The van der Waals surface area contributed by atoms with Crippen molar-refractivity contribution >= 4 is 5.91 Å². The van der Waals surface area contributed by atoms with Gasteiger partial charge in [-0.15, -0.1) is 0 Å². The molecular formula is C21H28N4O2. The maximum Gasteiger partial charge on any atom is 0.216 e. The summed E-state index contributed by atoms with van der Waals surface area (Å²) in [5, 5.41) is 7.78. The van der Waals surface area contributed by atoms with Gasteiger partial charge in [-0.1, -0.05) is 12.1 Å². The molecule has 6 heteroatoms. The number of hydrogen-bond acceptors (Lipinski definition) is 4. The van der Waals surface area contributed by atoms with Gasteiger partial charge in [0.25, 0.3) is 0 Å². The first kappa shape index (κ1) is 18.0. The summed E-state index contributed by atoms with van der Waals surface area (Å²) < 4.78 is 7.55. The van der Waals surface area contributed by atoms with E-state index in [4.69, 9.17) is 9.84 Å². The highest BCUT2D eigenvalue weighted by atomic mass is 16.5. The fourth-order valence-corrected chi connectivity index (χ4v) is 4.76. The number of methoxy groups -OCH3 is 1. The number of hydrogen-bond donors (Lipinski definition) is 1. The Morgan fingerprint density at radius 3 is 2.89 bits per heavy atom. The van der Waals surface area contributed by atoms with E-state index in [0.717, 1.165) is 43.1 Å². The van der Waals surface area contributed by atoms with Gasteiger partial charge in [0.05, 0.1) is 12.8 Å². The van der Waals surface area contributed by atoms with Gasteiger partial charge < -0.3 is 10.1 Å². The normalized spacial score (nSPS) is 26.8. The van der Waals surface area contributed by atoms with Gasteiger partial charge in [0.15, 0.2) is 0 Å². The van der Waals surface area contributed by atoms with E-state index in [1.807, 2.05) is 29.9 Å². The second-order valence-corrected chi connectivity index (χ2v) is 7.76. The van der Waals surface area contributed by atoms with Gasteiger partial charge in [0.2, 0.25) is 5.91 Å². The third-order valence-electron chi connectivity index (χ3n) is 6.14. The molecule has 2 bridgehead atoms. The Morgan fingerprint density at radius 2 is 2.19 bits per heavy atom. The summed E-state index contributed by atoms with van der Waals surface area (Å²) in [4.78, 5) is 13.8. The number of para-hydroxylation sites is 1. The molecule has 0 aliphatic carbocycles. The van der Waals surface area contributed by atoms with Crippen LogP contribution in [0.5, 0.6) is 5.75 Å². The van der Waals surface area contributed by atoms with Crippen LogP contribution in [0.2, 0.25) is 0 Å². The zero-order valence-corrected chi connectivity index (χ0v) is 16.3. The molecule has 1 aromatic heterocycles. The van der Waals surface area contributed by atoms with Crippen molar-refractivity contribution < 1.29 is 9.53 Å². The standard InChI is InChI=1S/C21H28N4O2/c1-14(26)22-12-16-10-15-8-9-25(16)13-18(15)20-11-19(23-24(20)2)17-6-4-5-7-21(17)27-3/h4-7,11,15-16,18H,8-10,12-13H2,1-3H3,(H,22,26)/t15-,16+,18-/m0/s1. The summed E-state index contributed by atoms with van der Waals surface area (Å²) in [6, 6.07) is 10.7. The monoisotopic (exact) mass is 368 g/mol. The topological polar surface area (TPSA) is 59.4 Å². The van der Waals surface area contributed by atoms with Crippen LogP contribution in [-0.4, -0.2) is 53.4 Å². The smallest absolute Gasteiger partial charge is 0.216 e. The number of ether oxygens (including phenoxy) is 1. The van der Waals surface area contributed by atoms with Crippen molar-refractivity contribution in [1.82, 2.24) is 20.0 Å². The van der Waals surface area contributed by atoms with Crippen LogP contribution in [0.15, 0.2) is 30.3 Å².